The van der Waals surface area contributed by atoms with Crippen molar-refractivity contribution in [2.75, 3.05) is 43.4 Å². The van der Waals surface area contributed by atoms with Crippen molar-refractivity contribution >= 4 is 52.9 Å². The molecule has 3 saturated heterocycles. The van der Waals surface area contributed by atoms with Gasteiger partial charge in [-0.15, -0.1) is 0 Å². The molecule has 0 amide bonds. The molecule has 6 unspecified atom stereocenters. The topological polar surface area (TPSA) is 442 Å². The van der Waals surface area contributed by atoms with Crippen LogP contribution in [0.15, 0.2) is 42.5 Å². The van der Waals surface area contributed by atoms with Gasteiger partial charge in [-0.1, -0.05) is 12.1 Å². The number of aliphatic carboxylic acids is 5. The van der Waals surface area contributed by atoms with Gasteiger partial charge in [0, 0.05) is 29.1 Å². The molecule has 3 heterocycles. The number of benzene rings is 2. The second-order valence-electron chi connectivity index (χ2n) is 15.0. The molecule has 22 heteroatoms. The summed E-state index contributed by atoms with van der Waals surface area (Å²) >= 11 is 0. The molecule has 6 atom stereocenters. The van der Waals surface area contributed by atoms with Crippen molar-refractivity contribution in [1.29, 1.82) is 0 Å². The Hall–Kier alpha value is -5.62. The first kappa shape index (κ1) is 53.4. The van der Waals surface area contributed by atoms with Crippen LogP contribution in [-0.4, -0.2) is 128 Å². The SMILES string of the molecule is NC1(C(=O)O)CCNCC1.NC1CCC(C(=O)O)C1.NC1CCNC(C(=O)O)C1.Nc1cc(N)cc(C(=O)O)c1.Nc1ccc(CC(N)C(=O)O)cc1.O=C(O)C1CCCN1. The lowest BCUT2D eigenvalue weighted by atomic mass is 9.90. The predicted molar refractivity (Wildman–Crippen MR) is 227 cm³/mol. The Labute approximate surface area is 353 Å². The van der Waals surface area contributed by atoms with Gasteiger partial charge in [0.15, 0.2) is 0 Å². The third-order valence-corrected chi connectivity index (χ3v) is 9.82. The summed E-state index contributed by atoms with van der Waals surface area (Å²) in [5, 5.41) is 59.9. The first-order chi connectivity index (χ1) is 28.5. The van der Waals surface area contributed by atoms with Crippen LogP contribution in [0.2, 0.25) is 0 Å². The maximum Gasteiger partial charge on any atom is 0.335 e. The van der Waals surface area contributed by atoms with Gasteiger partial charge in [0.25, 0.3) is 0 Å². The molecule has 2 aromatic carbocycles. The first-order valence-electron chi connectivity index (χ1n) is 19.7. The molecular formula is C39H64N10O12. The highest BCUT2D eigenvalue weighted by Gasteiger charge is 2.35. The summed E-state index contributed by atoms with van der Waals surface area (Å²) in [6.07, 6.45) is 6.90. The number of hydrogen-bond donors (Lipinski definition) is 16. The van der Waals surface area contributed by atoms with Gasteiger partial charge in [0.2, 0.25) is 0 Å². The Morgan fingerprint density at radius 2 is 1.20 bits per heavy atom. The third-order valence-electron chi connectivity index (χ3n) is 9.82. The number of rotatable bonds is 8. The van der Waals surface area contributed by atoms with Crippen molar-refractivity contribution in [3.05, 3.63) is 53.6 Å². The van der Waals surface area contributed by atoms with Gasteiger partial charge in [0.1, 0.15) is 23.7 Å². The number of nitrogens with two attached hydrogens (primary N) is 7. The van der Waals surface area contributed by atoms with E-state index in [0.29, 0.717) is 62.3 Å². The second-order valence-corrected chi connectivity index (χ2v) is 15.0. The largest absolute Gasteiger partial charge is 0.481 e. The highest BCUT2D eigenvalue weighted by molar-refractivity contribution is 5.90. The summed E-state index contributed by atoms with van der Waals surface area (Å²) in [5.74, 6) is -5.27. The van der Waals surface area contributed by atoms with Crippen LogP contribution < -0.4 is 56.1 Å². The fourth-order valence-electron chi connectivity index (χ4n) is 6.15. The molecule has 2 aromatic rings. The van der Waals surface area contributed by atoms with Crippen LogP contribution in [0.4, 0.5) is 17.1 Å². The highest BCUT2D eigenvalue weighted by atomic mass is 16.4. The number of carbonyl (C=O) groups is 6. The number of aromatic carboxylic acids is 1. The van der Waals surface area contributed by atoms with Gasteiger partial charge in [-0.3, -0.25) is 24.0 Å². The predicted octanol–water partition coefficient (Wildman–Crippen LogP) is -0.904. The molecule has 4 aliphatic rings. The summed E-state index contributed by atoms with van der Waals surface area (Å²) in [4.78, 5) is 62.2. The van der Waals surface area contributed by atoms with Gasteiger partial charge in [-0.05, 0) is 126 Å². The average Bonchev–Trinajstić information content (AvgIpc) is 3.90. The lowest BCUT2D eigenvalue weighted by Crippen LogP contribution is -2.54. The number of nitrogens with one attached hydrogen (secondary N) is 3. The van der Waals surface area contributed by atoms with E-state index in [9.17, 15) is 28.8 Å². The second kappa shape index (κ2) is 27.3. The lowest BCUT2D eigenvalue weighted by Gasteiger charge is -2.29. The normalized spacial score (nSPS) is 22.7. The molecule has 342 valence electrons. The van der Waals surface area contributed by atoms with E-state index in [2.05, 4.69) is 16.0 Å². The Kier molecular flexibility index (Phi) is 23.9. The molecule has 3 aliphatic heterocycles. The number of anilines is 3. The fraction of sp³-hybridized carbons (Fsp3) is 0.538. The fourth-order valence-corrected chi connectivity index (χ4v) is 6.15. The zero-order valence-electron chi connectivity index (χ0n) is 34.1. The van der Waals surface area contributed by atoms with E-state index in [1.54, 1.807) is 24.3 Å². The number of hydrogen-bond acceptors (Lipinski definition) is 16. The van der Waals surface area contributed by atoms with E-state index < -0.39 is 53.4 Å². The number of nitrogen functional groups attached to an aromatic ring is 3. The van der Waals surface area contributed by atoms with E-state index in [4.69, 9.17) is 70.8 Å². The number of piperidine rings is 2. The summed E-state index contributed by atoms with van der Waals surface area (Å²) in [6.45, 7) is 3.00. The molecule has 4 fully saturated rings. The number of carboxylic acids is 6. The molecule has 23 N–H and O–H groups in total. The summed E-state index contributed by atoms with van der Waals surface area (Å²) in [5.41, 5.74) is 39.6. The first-order valence-corrected chi connectivity index (χ1v) is 19.7. The number of carboxylic acid groups (broad SMARTS) is 6. The van der Waals surface area contributed by atoms with Crippen LogP contribution in [0.3, 0.4) is 0 Å². The summed E-state index contributed by atoms with van der Waals surface area (Å²) in [7, 11) is 0. The van der Waals surface area contributed by atoms with Crippen molar-refractivity contribution in [1.82, 2.24) is 16.0 Å². The van der Waals surface area contributed by atoms with Crippen LogP contribution >= 0.6 is 0 Å². The van der Waals surface area contributed by atoms with Gasteiger partial charge >= 0.3 is 35.8 Å². The third kappa shape index (κ3) is 22.0. The Balaban J connectivity index is 0.000000368. The van der Waals surface area contributed by atoms with Crippen molar-refractivity contribution in [3.63, 3.8) is 0 Å². The van der Waals surface area contributed by atoms with E-state index in [1.165, 1.54) is 18.2 Å². The molecule has 6 rings (SSSR count). The van der Waals surface area contributed by atoms with E-state index >= 15 is 0 Å². The molecule has 0 spiro atoms. The molecule has 1 aliphatic carbocycles. The molecular weight excluding hydrogens is 800 g/mol. The van der Waals surface area contributed by atoms with Crippen molar-refractivity contribution in [2.24, 2.45) is 28.9 Å². The molecule has 0 aromatic heterocycles. The molecule has 0 bridgehead atoms. The highest BCUT2D eigenvalue weighted by Crippen LogP contribution is 2.23. The van der Waals surface area contributed by atoms with Gasteiger partial charge in [0.05, 0.1) is 11.5 Å². The Morgan fingerprint density at radius 1 is 0.656 bits per heavy atom. The molecule has 22 nitrogen and oxygen atoms in total. The lowest BCUT2D eigenvalue weighted by molar-refractivity contribution is -0.144. The standard InChI is InChI=1S/C9H12N2O2.C7H8N2O2.2C6H12N2O2.C6H11NO2.C5H9NO2/c10-7-3-1-6(2-4-7)5-8(11)9(12)13;8-5-1-4(7(10)11)2-6(9)3-5;7-6(5(9)10)1-3-8-4-2-6;7-4-1-2-8-5(3-4)6(9)10;7-5-2-1-4(3-5)6(8)9;7-5(8)4-2-1-3-6-4/h1-4,8H,5,10-11H2,(H,12,13);1-3H,8-9H2,(H,10,11);8H,1-4,7H2,(H,9,10);4-5,8H,1-3,7H2,(H,9,10);4-5H,1-3,7H2,(H,8,9);4,6H,1-3H2,(H,7,8). The smallest absolute Gasteiger partial charge is 0.335 e. The minimum absolute atomic E-state index is 0.0577. The summed E-state index contributed by atoms with van der Waals surface area (Å²) in [6, 6.07) is 9.88. The quantitative estimate of drug-likeness (QED) is 0.143. The van der Waals surface area contributed by atoms with Crippen molar-refractivity contribution in [3.8, 4) is 0 Å². The monoisotopic (exact) mass is 864 g/mol. The minimum Gasteiger partial charge on any atom is -0.481 e. The maximum atomic E-state index is 10.5. The van der Waals surface area contributed by atoms with Crippen molar-refractivity contribution in [2.45, 2.75) is 100.0 Å². The van der Waals surface area contributed by atoms with Crippen LogP contribution in [0.1, 0.15) is 73.7 Å². The van der Waals surface area contributed by atoms with Gasteiger partial charge in [-0.2, -0.15) is 0 Å². The van der Waals surface area contributed by atoms with Crippen molar-refractivity contribution < 1.29 is 59.4 Å². The zero-order chi connectivity index (χ0) is 46.3. The van der Waals surface area contributed by atoms with E-state index in [-0.39, 0.29) is 29.6 Å². The Morgan fingerprint density at radius 3 is 1.54 bits per heavy atom. The summed E-state index contributed by atoms with van der Waals surface area (Å²) < 4.78 is 0. The van der Waals surface area contributed by atoms with E-state index in [0.717, 1.165) is 50.8 Å². The molecule has 1 saturated carbocycles. The van der Waals surface area contributed by atoms with Gasteiger partial charge < -0.3 is 86.7 Å². The van der Waals surface area contributed by atoms with Crippen LogP contribution in [0.25, 0.3) is 0 Å². The Bertz CT molecular complexity index is 1690. The van der Waals surface area contributed by atoms with Gasteiger partial charge in [-0.25, -0.2) is 4.79 Å². The molecule has 61 heavy (non-hydrogen) atoms. The average molecular weight is 865 g/mol. The van der Waals surface area contributed by atoms with E-state index in [1.807, 2.05) is 0 Å². The van der Waals surface area contributed by atoms with Crippen LogP contribution in [0.5, 0.6) is 0 Å². The van der Waals surface area contributed by atoms with Crippen LogP contribution in [0, 0.1) is 5.92 Å². The minimum atomic E-state index is -1.02. The zero-order valence-corrected chi connectivity index (χ0v) is 34.1. The maximum absolute atomic E-state index is 10.5. The molecule has 0 radical (unpaired) electrons. The van der Waals surface area contributed by atoms with Crippen LogP contribution in [-0.2, 0) is 30.4 Å².